The van der Waals surface area contributed by atoms with Gasteiger partial charge in [0.2, 0.25) is 9.84 Å². The smallest absolute Gasteiger partial charge is 0.207 e. The molecule has 2 heterocycles. The van der Waals surface area contributed by atoms with E-state index >= 15 is 8.42 Å². The van der Waals surface area contributed by atoms with Crippen molar-refractivity contribution in [3.8, 4) is 22.3 Å². The first-order chi connectivity index (χ1) is 22.0. The maximum absolute atomic E-state index is 15.5. The summed E-state index contributed by atoms with van der Waals surface area (Å²) in [6.45, 7) is 0. The molecule has 0 N–H and O–H groups in total. The number of rotatable bonds is 6. The molecule has 0 amide bonds. The van der Waals surface area contributed by atoms with Gasteiger partial charge < -0.3 is 0 Å². The van der Waals surface area contributed by atoms with E-state index in [-0.39, 0.29) is 0 Å². The Kier molecular flexibility index (Phi) is 7.27. The summed E-state index contributed by atoms with van der Waals surface area (Å²) in [5, 5.41) is 5.60. The first-order valence-corrected chi connectivity index (χ1v) is 20.0. The summed E-state index contributed by atoms with van der Waals surface area (Å²) < 4.78 is 35.2. The largest absolute Gasteiger partial charge is 0.218 e. The third kappa shape index (κ3) is 4.55. The Balaban J connectivity index is 1.56. The predicted molar refractivity (Wildman–Crippen MR) is 199 cm³/mol. The lowest BCUT2D eigenvalue weighted by molar-refractivity contribution is 0.598. The number of hydrogen-bond donors (Lipinski definition) is 0. The monoisotopic (exact) mass is 674 g/mol. The van der Waals surface area contributed by atoms with Crippen LogP contribution in [0.3, 0.4) is 0 Å². The summed E-state index contributed by atoms with van der Waals surface area (Å²) in [4.78, 5) is 0.721. The van der Waals surface area contributed by atoms with Crippen LogP contribution >= 0.6 is 46.2 Å². The van der Waals surface area contributed by atoms with Crippen molar-refractivity contribution in [3.05, 3.63) is 121 Å². The second kappa shape index (κ2) is 11.3. The van der Waals surface area contributed by atoms with Gasteiger partial charge in [-0.25, -0.2) is 8.42 Å². The maximum Gasteiger partial charge on any atom is 0.207 e. The number of thiophene rings is 2. The van der Waals surface area contributed by atoms with Gasteiger partial charge in [0.1, 0.15) is 0 Å². The Labute approximate surface area is 278 Å². The van der Waals surface area contributed by atoms with Crippen molar-refractivity contribution in [1.29, 1.82) is 0 Å². The fourth-order valence-corrected chi connectivity index (χ4v) is 12.4. The molecule has 0 radical (unpaired) electrons. The van der Waals surface area contributed by atoms with Crippen molar-refractivity contribution in [1.82, 2.24) is 0 Å². The van der Waals surface area contributed by atoms with Crippen LogP contribution in [0.4, 0.5) is 0 Å². The van der Waals surface area contributed by atoms with Crippen molar-refractivity contribution in [2.45, 2.75) is 18.2 Å². The molecule has 0 aliphatic carbocycles. The van der Waals surface area contributed by atoms with Gasteiger partial charge in [-0.15, -0.1) is 46.2 Å². The molecule has 0 atom stereocenters. The number of benzene rings is 6. The van der Waals surface area contributed by atoms with Gasteiger partial charge in [-0.2, -0.15) is 0 Å². The van der Waals surface area contributed by atoms with Gasteiger partial charge in [-0.05, 0) is 57.3 Å². The van der Waals surface area contributed by atoms with E-state index in [9.17, 15) is 0 Å². The van der Waals surface area contributed by atoms with E-state index in [0.717, 1.165) is 72.4 Å². The molecular weight excluding hydrogens is 649 g/mol. The molecule has 7 heteroatoms. The van der Waals surface area contributed by atoms with Crippen LogP contribution in [-0.2, 0) is 9.84 Å². The van der Waals surface area contributed by atoms with Gasteiger partial charge in [0.15, 0.2) is 0 Å². The number of thioether (sulfide) groups is 2. The standard InChI is InChI=1S/C38H26O2S5/c1-41-37-31(23-13-5-3-6-14-23)33-29(21-25-17-9-11-19-27(25)35(33)43-37)45(39,40)30-22-26-18-10-12-20-28(26)36-34(30)32(38(42-2)44-36)24-15-7-4-8-16-24/h3-22H,1-2H3. The lowest BCUT2D eigenvalue weighted by atomic mass is 10.0. The van der Waals surface area contributed by atoms with Gasteiger partial charge in [0, 0.05) is 31.3 Å². The summed E-state index contributed by atoms with van der Waals surface area (Å²) in [6.07, 6.45) is 4.14. The van der Waals surface area contributed by atoms with E-state index < -0.39 is 9.84 Å². The lowest BCUT2D eigenvalue weighted by Crippen LogP contribution is -2.05. The second-order valence-corrected chi connectivity index (χ2v) is 16.9. The second-order valence-electron chi connectivity index (χ2n) is 10.8. The topological polar surface area (TPSA) is 34.1 Å². The normalized spacial score (nSPS) is 12.1. The van der Waals surface area contributed by atoms with E-state index in [1.54, 1.807) is 46.2 Å². The molecule has 2 aromatic heterocycles. The van der Waals surface area contributed by atoms with Crippen LogP contribution in [0.15, 0.2) is 140 Å². The van der Waals surface area contributed by atoms with Crippen molar-refractivity contribution < 1.29 is 8.42 Å². The first-order valence-electron chi connectivity index (χ1n) is 14.4. The number of fused-ring (bicyclic) bond motifs is 6. The van der Waals surface area contributed by atoms with Gasteiger partial charge in [-0.3, -0.25) is 0 Å². The predicted octanol–water partition coefficient (Wildman–Crippen LogP) is 12.0. The summed E-state index contributed by atoms with van der Waals surface area (Å²) in [7, 11) is -4.03. The van der Waals surface area contributed by atoms with Crippen LogP contribution in [-0.4, -0.2) is 20.9 Å². The molecule has 0 spiro atoms. The molecule has 8 aromatic rings. The average molecular weight is 675 g/mol. The third-order valence-corrected chi connectivity index (χ3v) is 14.8. The summed E-state index contributed by atoms with van der Waals surface area (Å²) in [5.41, 5.74) is 4.02. The molecule has 0 saturated heterocycles. The summed E-state index contributed by atoms with van der Waals surface area (Å²) >= 11 is 6.72. The Morgan fingerprint density at radius 1 is 0.511 bits per heavy atom. The Hall–Kier alpha value is -3.59. The Bertz CT molecular complexity index is 2340. The highest BCUT2D eigenvalue weighted by Crippen LogP contribution is 2.53. The number of sulfone groups is 1. The highest BCUT2D eigenvalue weighted by atomic mass is 32.2. The van der Waals surface area contributed by atoms with Crippen LogP contribution < -0.4 is 0 Å². The molecule has 0 saturated carbocycles. The zero-order chi connectivity index (χ0) is 30.7. The molecule has 45 heavy (non-hydrogen) atoms. The van der Waals surface area contributed by atoms with Crippen LogP contribution in [0, 0.1) is 0 Å². The molecule has 220 valence electrons. The fraction of sp³-hybridized carbons (Fsp3) is 0.0526. The van der Waals surface area contributed by atoms with E-state index in [1.807, 2.05) is 84.9 Å². The molecule has 2 nitrogen and oxygen atoms in total. The van der Waals surface area contributed by atoms with Crippen LogP contribution in [0.5, 0.6) is 0 Å². The summed E-state index contributed by atoms with van der Waals surface area (Å²) in [5.74, 6) is 0. The van der Waals surface area contributed by atoms with Gasteiger partial charge in [0.05, 0.1) is 18.2 Å². The van der Waals surface area contributed by atoms with E-state index in [4.69, 9.17) is 0 Å². The van der Waals surface area contributed by atoms with E-state index in [1.165, 1.54) is 0 Å². The van der Waals surface area contributed by atoms with Crippen molar-refractivity contribution >= 4 is 97.8 Å². The Morgan fingerprint density at radius 2 is 0.889 bits per heavy atom. The number of hydrogen-bond acceptors (Lipinski definition) is 6. The molecular formula is C38H26O2S5. The van der Waals surface area contributed by atoms with Crippen LogP contribution in [0.2, 0.25) is 0 Å². The molecule has 8 rings (SSSR count). The SMILES string of the molecule is CSc1sc2c(c(S(=O)(=O)c3cc4ccccc4c4sc(SC)c(-c5ccccc5)c34)cc3ccccc32)c1-c1ccccc1. The summed E-state index contributed by atoms with van der Waals surface area (Å²) in [6, 6.07) is 40.5. The van der Waals surface area contributed by atoms with Crippen molar-refractivity contribution in [2.75, 3.05) is 12.5 Å². The zero-order valence-electron chi connectivity index (χ0n) is 24.4. The van der Waals surface area contributed by atoms with Crippen LogP contribution in [0.25, 0.3) is 64.0 Å². The third-order valence-electron chi connectivity index (χ3n) is 8.30. The first kappa shape index (κ1) is 28.9. The van der Waals surface area contributed by atoms with Crippen LogP contribution in [0.1, 0.15) is 0 Å². The van der Waals surface area contributed by atoms with Gasteiger partial charge >= 0.3 is 0 Å². The molecule has 0 aliphatic heterocycles. The highest BCUT2D eigenvalue weighted by molar-refractivity contribution is 8.01. The minimum absolute atomic E-state index is 0.360. The average Bonchev–Trinajstić information content (AvgIpc) is 3.68. The van der Waals surface area contributed by atoms with Crippen molar-refractivity contribution in [3.63, 3.8) is 0 Å². The highest BCUT2D eigenvalue weighted by Gasteiger charge is 2.31. The minimum atomic E-state index is -4.03. The van der Waals surface area contributed by atoms with E-state index in [2.05, 4.69) is 48.9 Å². The molecule has 0 unspecified atom stereocenters. The van der Waals surface area contributed by atoms with E-state index in [0.29, 0.717) is 9.79 Å². The Morgan fingerprint density at radius 3 is 1.29 bits per heavy atom. The fourth-order valence-electron chi connectivity index (χ4n) is 6.32. The molecule has 0 fully saturated rings. The quantitative estimate of drug-likeness (QED) is 0.164. The minimum Gasteiger partial charge on any atom is -0.218 e. The maximum atomic E-state index is 15.5. The van der Waals surface area contributed by atoms with Gasteiger partial charge in [-0.1, -0.05) is 109 Å². The van der Waals surface area contributed by atoms with Gasteiger partial charge in [0.25, 0.3) is 0 Å². The molecule has 0 bridgehead atoms. The lowest BCUT2D eigenvalue weighted by Gasteiger charge is -2.15. The zero-order valence-corrected chi connectivity index (χ0v) is 28.5. The molecule has 6 aromatic carbocycles. The van der Waals surface area contributed by atoms with Crippen molar-refractivity contribution in [2.24, 2.45) is 0 Å². The molecule has 0 aliphatic rings.